The lowest BCUT2D eigenvalue weighted by Gasteiger charge is -2.26. The predicted octanol–water partition coefficient (Wildman–Crippen LogP) is 4.39. The molecule has 6 heteroatoms. The van der Waals surface area contributed by atoms with E-state index in [9.17, 15) is 4.79 Å². The summed E-state index contributed by atoms with van der Waals surface area (Å²) in [5.41, 5.74) is 3.70. The number of aromatic nitrogens is 2. The number of carbonyl (C=O) groups is 1. The van der Waals surface area contributed by atoms with Crippen LogP contribution >= 0.6 is 0 Å². The molecule has 0 spiro atoms. The van der Waals surface area contributed by atoms with Crippen LogP contribution in [0.4, 0.5) is 11.6 Å². The highest BCUT2D eigenvalue weighted by Gasteiger charge is 2.14. The Kier molecular flexibility index (Phi) is 7.33. The maximum absolute atomic E-state index is 12.6. The fourth-order valence-electron chi connectivity index (χ4n) is 4.00. The van der Waals surface area contributed by atoms with E-state index in [0.29, 0.717) is 12.1 Å². The SMILES string of the molecule is CN(CCCNC(=O)c1cccc(-c2cnc(N3CCCCC3)nc2)c1)c1ccccc1. The van der Waals surface area contributed by atoms with Crippen molar-refractivity contribution < 1.29 is 4.79 Å². The van der Waals surface area contributed by atoms with E-state index in [1.807, 2.05) is 54.9 Å². The fraction of sp³-hybridized carbons (Fsp3) is 0.346. The third-order valence-corrected chi connectivity index (χ3v) is 5.89. The molecule has 1 amide bonds. The molecule has 0 atom stereocenters. The molecule has 0 aliphatic carbocycles. The second kappa shape index (κ2) is 10.8. The Balaban J connectivity index is 1.30. The van der Waals surface area contributed by atoms with Gasteiger partial charge in [-0.05, 0) is 55.5 Å². The molecule has 3 aromatic rings. The highest BCUT2D eigenvalue weighted by molar-refractivity contribution is 5.95. The van der Waals surface area contributed by atoms with Crippen molar-refractivity contribution in [3.63, 3.8) is 0 Å². The number of para-hydroxylation sites is 1. The van der Waals surface area contributed by atoms with Crippen LogP contribution in [0, 0.1) is 0 Å². The number of hydrogen-bond donors (Lipinski definition) is 1. The van der Waals surface area contributed by atoms with Gasteiger partial charge in [0.2, 0.25) is 5.95 Å². The van der Waals surface area contributed by atoms with E-state index in [-0.39, 0.29) is 5.91 Å². The highest BCUT2D eigenvalue weighted by Crippen LogP contribution is 2.22. The van der Waals surface area contributed by atoms with Gasteiger partial charge in [0.25, 0.3) is 5.91 Å². The number of carbonyl (C=O) groups excluding carboxylic acids is 1. The third-order valence-electron chi connectivity index (χ3n) is 5.89. The smallest absolute Gasteiger partial charge is 0.251 e. The zero-order chi connectivity index (χ0) is 22.2. The summed E-state index contributed by atoms with van der Waals surface area (Å²) >= 11 is 0. The van der Waals surface area contributed by atoms with Gasteiger partial charge in [0.15, 0.2) is 0 Å². The fourth-order valence-corrected chi connectivity index (χ4v) is 4.00. The van der Waals surface area contributed by atoms with Gasteiger partial charge in [-0.2, -0.15) is 0 Å². The second-order valence-electron chi connectivity index (χ2n) is 8.27. The summed E-state index contributed by atoms with van der Waals surface area (Å²) in [6.07, 6.45) is 8.27. The molecule has 1 fully saturated rings. The monoisotopic (exact) mass is 429 g/mol. The van der Waals surface area contributed by atoms with E-state index in [1.54, 1.807) is 0 Å². The summed E-state index contributed by atoms with van der Waals surface area (Å²) in [7, 11) is 2.07. The Hall–Kier alpha value is -3.41. The topological polar surface area (TPSA) is 61.4 Å². The number of rotatable bonds is 8. The standard InChI is InChI=1S/C26H31N5O/c1-30(24-12-4-2-5-13-24)15-9-14-27-25(32)22-11-8-10-21(18-22)23-19-28-26(29-20-23)31-16-6-3-7-17-31/h2,4-5,8,10-13,18-20H,3,6-7,9,14-17H2,1H3,(H,27,32). The van der Waals surface area contributed by atoms with Crippen molar-refractivity contribution in [2.24, 2.45) is 0 Å². The zero-order valence-electron chi connectivity index (χ0n) is 18.7. The van der Waals surface area contributed by atoms with E-state index < -0.39 is 0 Å². The zero-order valence-corrected chi connectivity index (χ0v) is 18.7. The summed E-state index contributed by atoms with van der Waals surface area (Å²) < 4.78 is 0. The van der Waals surface area contributed by atoms with E-state index in [1.165, 1.54) is 24.9 Å². The van der Waals surface area contributed by atoms with Gasteiger partial charge >= 0.3 is 0 Å². The van der Waals surface area contributed by atoms with E-state index in [4.69, 9.17) is 0 Å². The minimum atomic E-state index is -0.0555. The van der Waals surface area contributed by atoms with Crippen molar-refractivity contribution >= 4 is 17.5 Å². The first kappa shape index (κ1) is 21.8. The highest BCUT2D eigenvalue weighted by atomic mass is 16.1. The maximum Gasteiger partial charge on any atom is 0.251 e. The Morgan fingerprint density at radius 3 is 2.47 bits per heavy atom. The normalized spacial score (nSPS) is 13.6. The van der Waals surface area contributed by atoms with Crippen LogP contribution in [-0.4, -0.2) is 49.1 Å². The van der Waals surface area contributed by atoms with Crippen LogP contribution in [-0.2, 0) is 0 Å². The largest absolute Gasteiger partial charge is 0.375 e. The van der Waals surface area contributed by atoms with E-state index in [2.05, 4.69) is 44.3 Å². The van der Waals surface area contributed by atoms with Crippen molar-refractivity contribution in [2.45, 2.75) is 25.7 Å². The molecule has 166 valence electrons. The van der Waals surface area contributed by atoms with Crippen molar-refractivity contribution in [1.29, 1.82) is 0 Å². The summed E-state index contributed by atoms with van der Waals surface area (Å²) in [6, 6.07) is 17.9. The second-order valence-corrected chi connectivity index (χ2v) is 8.27. The van der Waals surface area contributed by atoms with E-state index >= 15 is 0 Å². The van der Waals surface area contributed by atoms with Crippen LogP contribution in [0.1, 0.15) is 36.0 Å². The van der Waals surface area contributed by atoms with Gasteiger partial charge in [-0.1, -0.05) is 30.3 Å². The number of hydrogen-bond acceptors (Lipinski definition) is 5. The Morgan fingerprint density at radius 2 is 1.72 bits per heavy atom. The summed E-state index contributed by atoms with van der Waals surface area (Å²) in [4.78, 5) is 26.2. The number of amides is 1. The van der Waals surface area contributed by atoms with Gasteiger partial charge in [-0.15, -0.1) is 0 Å². The van der Waals surface area contributed by atoms with Crippen LogP contribution in [0.25, 0.3) is 11.1 Å². The lowest BCUT2D eigenvalue weighted by Crippen LogP contribution is -2.30. The van der Waals surface area contributed by atoms with Gasteiger partial charge < -0.3 is 15.1 Å². The average Bonchev–Trinajstić information content (AvgIpc) is 2.87. The molecule has 2 aromatic carbocycles. The van der Waals surface area contributed by atoms with E-state index in [0.717, 1.165) is 43.1 Å². The molecular formula is C26H31N5O. The van der Waals surface area contributed by atoms with Crippen LogP contribution in [0.2, 0.25) is 0 Å². The number of benzene rings is 2. The molecule has 2 heterocycles. The Morgan fingerprint density at radius 1 is 0.969 bits per heavy atom. The molecule has 4 rings (SSSR count). The number of nitrogens with one attached hydrogen (secondary N) is 1. The summed E-state index contributed by atoms with van der Waals surface area (Å²) in [5, 5.41) is 3.03. The third kappa shape index (κ3) is 5.63. The molecule has 0 bridgehead atoms. The van der Waals surface area contributed by atoms with Crippen molar-refractivity contribution in [3.05, 3.63) is 72.6 Å². The van der Waals surface area contributed by atoms with Gasteiger partial charge in [-0.3, -0.25) is 4.79 Å². The van der Waals surface area contributed by atoms with Crippen molar-refractivity contribution in [2.75, 3.05) is 43.0 Å². The van der Waals surface area contributed by atoms with Crippen LogP contribution < -0.4 is 15.1 Å². The minimum Gasteiger partial charge on any atom is -0.375 e. The first-order valence-corrected chi connectivity index (χ1v) is 11.4. The van der Waals surface area contributed by atoms with Crippen LogP contribution in [0.15, 0.2) is 67.0 Å². The molecular weight excluding hydrogens is 398 g/mol. The van der Waals surface area contributed by atoms with Gasteiger partial charge in [-0.25, -0.2) is 9.97 Å². The lowest BCUT2D eigenvalue weighted by atomic mass is 10.1. The molecule has 1 N–H and O–H groups in total. The van der Waals surface area contributed by atoms with Gasteiger partial charge in [0, 0.05) is 62.4 Å². The predicted molar refractivity (Wildman–Crippen MR) is 130 cm³/mol. The lowest BCUT2D eigenvalue weighted by molar-refractivity contribution is 0.0953. The number of nitrogens with zero attached hydrogens (tertiary/aromatic N) is 4. The van der Waals surface area contributed by atoms with Gasteiger partial charge in [0.05, 0.1) is 0 Å². The Bertz CT molecular complexity index is 1000. The molecule has 1 aliphatic rings. The van der Waals surface area contributed by atoms with Crippen LogP contribution in [0.3, 0.4) is 0 Å². The molecule has 1 saturated heterocycles. The molecule has 0 saturated carbocycles. The molecule has 6 nitrogen and oxygen atoms in total. The van der Waals surface area contributed by atoms with Crippen molar-refractivity contribution in [3.8, 4) is 11.1 Å². The minimum absolute atomic E-state index is 0.0555. The quantitative estimate of drug-likeness (QED) is 0.538. The molecule has 32 heavy (non-hydrogen) atoms. The molecule has 1 aromatic heterocycles. The summed E-state index contributed by atoms with van der Waals surface area (Å²) in [6.45, 7) is 3.56. The van der Waals surface area contributed by atoms with Crippen LogP contribution in [0.5, 0.6) is 0 Å². The molecule has 0 radical (unpaired) electrons. The number of piperidine rings is 1. The summed E-state index contributed by atoms with van der Waals surface area (Å²) in [5.74, 6) is 0.739. The first-order chi connectivity index (χ1) is 15.7. The molecule has 1 aliphatic heterocycles. The maximum atomic E-state index is 12.6. The van der Waals surface area contributed by atoms with Gasteiger partial charge in [0.1, 0.15) is 0 Å². The molecule has 0 unspecified atom stereocenters. The number of anilines is 2. The van der Waals surface area contributed by atoms with Crippen molar-refractivity contribution in [1.82, 2.24) is 15.3 Å². The average molecular weight is 430 g/mol. The Labute approximate surface area is 190 Å². The first-order valence-electron chi connectivity index (χ1n) is 11.4.